The first-order valence-electron chi connectivity index (χ1n) is 16.4. The highest BCUT2D eigenvalue weighted by molar-refractivity contribution is 6.35. The minimum atomic E-state index is -0.552. The Hall–Kier alpha value is -7.66. The number of fused-ring (bicyclic) bond motifs is 2. The van der Waals surface area contributed by atoms with Crippen molar-refractivity contribution in [3.05, 3.63) is 179 Å². The number of hydrogen-bond acceptors (Lipinski definition) is 7. The van der Waals surface area contributed by atoms with Crippen LogP contribution in [0.25, 0.3) is 0 Å². The van der Waals surface area contributed by atoms with E-state index in [9.17, 15) is 28.8 Å². The van der Waals surface area contributed by atoms with Crippen molar-refractivity contribution in [2.75, 3.05) is 20.4 Å². The van der Waals surface area contributed by atoms with E-state index in [1.165, 1.54) is 36.4 Å². The number of nitrogens with zero attached hydrogens (tertiary/aromatic N) is 2. The summed E-state index contributed by atoms with van der Waals surface area (Å²) in [5.74, 6) is -2.13. The third-order valence-electron chi connectivity index (χ3n) is 8.79. The molecule has 0 radical (unpaired) electrons. The molecule has 8 rings (SSSR count). The minimum absolute atomic E-state index is 0.128. The Balaban J connectivity index is 0.925. The van der Waals surface area contributed by atoms with Crippen LogP contribution in [0.2, 0.25) is 0 Å². The summed E-state index contributed by atoms with van der Waals surface area (Å²) in [6, 6.07) is 39.3. The molecule has 6 aromatic rings. The van der Waals surface area contributed by atoms with Gasteiger partial charge in [-0.25, -0.2) is 9.80 Å². The number of imide groups is 2. The molecule has 0 atom stereocenters. The molecule has 0 fully saturated rings. The van der Waals surface area contributed by atoms with Crippen molar-refractivity contribution < 1.29 is 33.5 Å². The van der Waals surface area contributed by atoms with Gasteiger partial charge in [0.15, 0.2) is 0 Å². The second-order valence-corrected chi connectivity index (χ2v) is 12.1. The van der Waals surface area contributed by atoms with Crippen molar-refractivity contribution in [2.24, 2.45) is 0 Å². The van der Waals surface area contributed by atoms with Crippen molar-refractivity contribution in [2.45, 2.75) is 0 Å². The summed E-state index contributed by atoms with van der Waals surface area (Å²) in [5.41, 5.74) is 2.97. The normalized spacial score (nSPS) is 13.1. The topological polar surface area (TPSA) is 142 Å². The number of ether oxygens (including phenoxy) is 1. The van der Waals surface area contributed by atoms with Crippen LogP contribution in [0, 0.1) is 0 Å². The van der Waals surface area contributed by atoms with Crippen LogP contribution in [-0.4, -0.2) is 35.4 Å². The zero-order valence-corrected chi connectivity index (χ0v) is 27.6. The highest BCUT2D eigenvalue weighted by atomic mass is 16.5. The summed E-state index contributed by atoms with van der Waals surface area (Å²) in [6.07, 6.45) is 0. The van der Waals surface area contributed by atoms with E-state index in [-0.39, 0.29) is 33.4 Å². The van der Waals surface area contributed by atoms with Gasteiger partial charge in [0, 0.05) is 22.5 Å². The summed E-state index contributed by atoms with van der Waals surface area (Å²) in [4.78, 5) is 80.9. The fraction of sp³-hybridized carbons (Fsp3) is 0. The van der Waals surface area contributed by atoms with E-state index in [4.69, 9.17) is 4.74 Å². The Morgan fingerprint density at radius 2 is 0.774 bits per heavy atom. The quantitative estimate of drug-likeness (QED) is 0.156. The first-order valence-corrected chi connectivity index (χ1v) is 16.4. The summed E-state index contributed by atoms with van der Waals surface area (Å²) in [5, 5.41) is 5.55. The molecule has 2 heterocycles. The van der Waals surface area contributed by atoms with E-state index in [0.717, 1.165) is 9.80 Å². The van der Waals surface area contributed by atoms with Crippen molar-refractivity contribution in [1.82, 2.24) is 0 Å². The molecule has 0 aliphatic carbocycles. The molecule has 6 amide bonds. The molecule has 0 aromatic heterocycles. The van der Waals surface area contributed by atoms with Crippen molar-refractivity contribution in [3.8, 4) is 11.5 Å². The molecule has 0 saturated heterocycles. The van der Waals surface area contributed by atoms with Gasteiger partial charge in [-0.3, -0.25) is 28.8 Å². The van der Waals surface area contributed by atoms with Gasteiger partial charge in [0.1, 0.15) is 11.5 Å². The SMILES string of the molecule is O=C(Nc1ccccc1)c1ccc2c(c1)C(=O)N(c1ccc(Oc3ccc(N4C(=O)c5ccc(C(=O)Nc6ccccc6)cc5C4=O)cc3)cc1)C2=O. The van der Waals surface area contributed by atoms with Crippen molar-refractivity contribution in [1.29, 1.82) is 0 Å². The summed E-state index contributed by atoms with van der Waals surface area (Å²) in [7, 11) is 0. The molecule has 2 aliphatic heterocycles. The molecule has 2 aliphatic rings. The summed E-state index contributed by atoms with van der Waals surface area (Å²) < 4.78 is 5.96. The van der Waals surface area contributed by atoms with Gasteiger partial charge in [0.25, 0.3) is 35.4 Å². The van der Waals surface area contributed by atoms with E-state index in [2.05, 4.69) is 10.6 Å². The second-order valence-electron chi connectivity index (χ2n) is 12.1. The number of rotatable bonds is 8. The van der Waals surface area contributed by atoms with Crippen LogP contribution in [0.3, 0.4) is 0 Å². The predicted octanol–water partition coefficient (Wildman–Crippen LogP) is 7.58. The van der Waals surface area contributed by atoms with Crippen LogP contribution in [-0.2, 0) is 0 Å². The average molecular weight is 699 g/mol. The van der Waals surface area contributed by atoms with E-state index < -0.39 is 35.4 Å². The second kappa shape index (κ2) is 13.2. The van der Waals surface area contributed by atoms with Gasteiger partial charge in [0.05, 0.1) is 33.6 Å². The summed E-state index contributed by atoms with van der Waals surface area (Å²) >= 11 is 0. The van der Waals surface area contributed by atoms with Gasteiger partial charge in [-0.1, -0.05) is 36.4 Å². The average Bonchev–Trinajstić information content (AvgIpc) is 3.59. The number of amides is 6. The predicted molar refractivity (Wildman–Crippen MR) is 197 cm³/mol. The molecular formula is C42H26N4O7. The molecule has 6 aromatic carbocycles. The third kappa shape index (κ3) is 6.08. The van der Waals surface area contributed by atoms with E-state index in [0.29, 0.717) is 34.2 Å². The van der Waals surface area contributed by atoms with Gasteiger partial charge >= 0.3 is 0 Å². The number of para-hydroxylation sites is 2. The zero-order chi connectivity index (χ0) is 36.6. The molecule has 11 heteroatoms. The van der Waals surface area contributed by atoms with Gasteiger partial charge in [-0.15, -0.1) is 0 Å². The minimum Gasteiger partial charge on any atom is -0.457 e. The highest BCUT2D eigenvalue weighted by Crippen LogP contribution is 2.34. The Morgan fingerprint density at radius 3 is 1.15 bits per heavy atom. The van der Waals surface area contributed by atoms with Crippen LogP contribution in [0.4, 0.5) is 22.7 Å². The fourth-order valence-electron chi connectivity index (χ4n) is 6.15. The molecule has 53 heavy (non-hydrogen) atoms. The smallest absolute Gasteiger partial charge is 0.266 e. The molecule has 256 valence electrons. The largest absolute Gasteiger partial charge is 0.457 e. The number of anilines is 4. The maximum absolute atomic E-state index is 13.4. The number of hydrogen-bond donors (Lipinski definition) is 2. The van der Waals surface area contributed by atoms with E-state index in [1.54, 1.807) is 97.1 Å². The monoisotopic (exact) mass is 698 g/mol. The lowest BCUT2D eigenvalue weighted by Crippen LogP contribution is -2.29. The highest BCUT2D eigenvalue weighted by Gasteiger charge is 2.38. The Morgan fingerprint density at radius 1 is 0.415 bits per heavy atom. The number of carbonyl (C=O) groups excluding carboxylic acids is 6. The van der Waals surface area contributed by atoms with Gasteiger partial charge < -0.3 is 15.4 Å². The lowest BCUT2D eigenvalue weighted by molar-refractivity contribution is 0.0910. The third-order valence-corrected chi connectivity index (χ3v) is 8.79. The van der Waals surface area contributed by atoms with Crippen LogP contribution in [0.5, 0.6) is 11.5 Å². The van der Waals surface area contributed by atoms with Crippen molar-refractivity contribution in [3.63, 3.8) is 0 Å². The molecule has 0 unspecified atom stereocenters. The fourth-order valence-corrected chi connectivity index (χ4v) is 6.15. The Labute approximate surface area is 302 Å². The maximum atomic E-state index is 13.4. The maximum Gasteiger partial charge on any atom is 0.266 e. The molecule has 0 saturated carbocycles. The van der Waals surface area contributed by atoms with Crippen LogP contribution < -0.4 is 25.2 Å². The van der Waals surface area contributed by atoms with Crippen LogP contribution in [0.15, 0.2) is 146 Å². The molecule has 11 nitrogen and oxygen atoms in total. The first kappa shape index (κ1) is 32.5. The van der Waals surface area contributed by atoms with Crippen LogP contribution >= 0.6 is 0 Å². The van der Waals surface area contributed by atoms with E-state index >= 15 is 0 Å². The molecule has 0 spiro atoms. The Bertz CT molecular complexity index is 2310. The molecule has 2 N–H and O–H groups in total. The van der Waals surface area contributed by atoms with Gasteiger partial charge in [-0.05, 0) is 109 Å². The van der Waals surface area contributed by atoms with Gasteiger partial charge in [-0.2, -0.15) is 0 Å². The standard InChI is InChI=1S/C42H26N4O7/c47-37(43-27-7-3-1-4-8-27)25-11-21-33-35(23-25)41(51)45(39(33)49)29-13-17-31(18-14-29)53-32-19-15-30(16-20-32)46-40(50)34-22-12-26(24-36(34)42(46)52)38(48)44-28-9-5-2-6-10-28/h1-24H,(H,43,47)(H,44,48). The van der Waals surface area contributed by atoms with Crippen LogP contribution in [0.1, 0.15) is 62.1 Å². The Kier molecular flexibility index (Phi) is 8.12. The zero-order valence-electron chi connectivity index (χ0n) is 27.6. The number of nitrogens with one attached hydrogen (secondary N) is 2. The number of carbonyl (C=O) groups is 6. The van der Waals surface area contributed by atoms with E-state index in [1.807, 2.05) is 12.1 Å². The molecular weight excluding hydrogens is 672 g/mol. The first-order chi connectivity index (χ1) is 25.7. The lowest BCUT2D eigenvalue weighted by atomic mass is 10.1. The molecule has 0 bridgehead atoms. The number of benzene rings is 6. The van der Waals surface area contributed by atoms with Gasteiger partial charge in [0.2, 0.25) is 0 Å². The lowest BCUT2D eigenvalue weighted by Gasteiger charge is -2.16. The van der Waals surface area contributed by atoms with Crippen molar-refractivity contribution >= 4 is 58.2 Å². The summed E-state index contributed by atoms with van der Waals surface area (Å²) in [6.45, 7) is 0.